The fourth-order valence-electron chi connectivity index (χ4n) is 2.49. The molecule has 1 aromatic carbocycles. The van der Waals surface area contributed by atoms with Crippen molar-refractivity contribution in [1.29, 1.82) is 0 Å². The predicted molar refractivity (Wildman–Crippen MR) is 98.3 cm³/mol. The fraction of sp³-hybridized carbons (Fsp3) is 0.300. The molecule has 0 atom stereocenters. The molecule has 0 aliphatic carbocycles. The number of hydrogen-bond donors (Lipinski definition) is 1. The van der Waals surface area contributed by atoms with Crippen LogP contribution in [0.15, 0.2) is 50.2 Å². The van der Waals surface area contributed by atoms with E-state index < -0.39 is 0 Å². The molecule has 0 unspecified atom stereocenters. The largest absolute Gasteiger partial charge is 0.476 e. The maximum Gasteiger partial charge on any atom is 0.257 e. The first-order chi connectivity index (χ1) is 12.5. The van der Waals surface area contributed by atoms with Gasteiger partial charge in [-0.3, -0.25) is 9.59 Å². The molecule has 0 aliphatic heterocycles. The van der Waals surface area contributed by atoms with Gasteiger partial charge in [-0.25, -0.2) is 0 Å². The van der Waals surface area contributed by atoms with E-state index in [0.29, 0.717) is 29.2 Å². The molecule has 2 aromatic heterocycles. The summed E-state index contributed by atoms with van der Waals surface area (Å²) in [6.07, 6.45) is 1.48. The normalized spacial score (nSPS) is 11.1. The van der Waals surface area contributed by atoms with Crippen LogP contribution in [0.5, 0.6) is 5.75 Å². The highest BCUT2D eigenvalue weighted by molar-refractivity contribution is 5.82. The number of aryl methyl sites for hydroxylation is 1. The molecular formula is C20H21NO5. The molecule has 6 heteroatoms. The van der Waals surface area contributed by atoms with E-state index in [1.165, 1.54) is 6.26 Å². The third-order valence-corrected chi connectivity index (χ3v) is 3.81. The van der Waals surface area contributed by atoms with Crippen molar-refractivity contribution in [3.8, 4) is 17.3 Å². The lowest BCUT2D eigenvalue weighted by molar-refractivity contribution is -0.123. The number of rotatable bonds is 6. The van der Waals surface area contributed by atoms with Crippen molar-refractivity contribution in [2.24, 2.45) is 5.92 Å². The molecule has 2 heterocycles. The van der Waals surface area contributed by atoms with Gasteiger partial charge in [0.25, 0.3) is 5.91 Å². The molecule has 1 N–H and O–H groups in total. The Morgan fingerprint density at radius 1 is 1.27 bits per heavy atom. The summed E-state index contributed by atoms with van der Waals surface area (Å²) < 4.78 is 16.8. The molecule has 0 bridgehead atoms. The number of ether oxygens (including phenoxy) is 1. The van der Waals surface area contributed by atoms with Crippen LogP contribution in [-0.2, 0) is 4.79 Å². The number of furan rings is 1. The lowest BCUT2D eigenvalue weighted by atomic mass is 10.1. The minimum Gasteiger partial charge on any atom is -0.476 e. The average Bonchev–Trinajstić information content (AvgIpc) is 3.13. The summed E-state index contributed by atoms with van der Waals surface area (Å²) in [6, 6.07) is 8.65. The quantitative estimate of drug-likeness (QED) is 0.732. The molecule has 0 saturated carbocycles. The molecule has 1 amide bonds. The molecule has 136 valence electrons. The van der Waals surface area contributed by atoms with Crippen LogP contribution >= 0.6 is 0 Å². The van der Waals surface area contributed by atoms with Gasteiger partial charge in [-0.15, -0.1) is 0 Å². The fourth-order valence-corrected chi connectivity index (χ4v) is 2.49. The van der Waals surface area contributed by atoms with Crippen molar-refractivity contribution in [3.63, 3.8) is 0 Å². The van der Waals surface area contributed by atoms with Gasteiger partial charge in [0, 0.05) is 6.54 Å². The smallest absolute Gasteiger partial charge is 0.257 e. The van der Waals surface area contributed by atoms with Gasteiger partial charge in [0.15, 0.2) is 12.4 Å². The summed E-state index contributed by atoms with van der Waals surface area (Å²) >= 11 is 0. The summed E-state index contributed by atoms with van der Waals surface area (Å²) in [7, 11) is 0. The maximum absolute atomic E-state index is 12.9. The van der Waals surface area contributed by atoms with Crippen LogP contribution < -0.4 is 15.5 Å². The van der Waals surface area contributed by atoms with E-state index in [4.69, 9.17) is 13.6 Å². The van der Waals surface area contributed by atoms with E-state index >= 15 is 0 Å². The van der Waals surface area contributed by atoms with E-state index in [-0.39, 0.29) is 29.5 Å². The predicted octanol–water partition coefficient (Wildman–Crippen LogP) is 3.51. The van der Waals surface area contributed by atoms with Crippen molar-refractivity contribution in [2.75, 3.05) is 13.2 Å². The van der Waals surface area contributed by atoms with Crippen molar-refractivity contribution >= 4 is 16.9 Å². The van der Waals surface area contributed by atoms with Crippen LogP contribution in [0.3, 0.4) is 0 Å². The first-order valence-electron chi connectivity index (χ1n) is 8.46. The van der Waals surface area contributed by atoms with Crippen LogP contribution in [0, 0.1) is 12.8 Å². The van der Waals surface area contributed by atoms with Gasteiger partial charge in [-0.1, -0.05) is 19.9 Å². The summed E-state index contributed by atoms with van der Waals surface area (Å²) in [5.41, 5.74) is 1.07. The Morgan fingerprint density at radius 3 is 2.77 bits per heavy atom. The summed E-state index contributed by atoms with van der Waals surface area (Å²) in [5, 5.41) is 3.14. The Morgan fingerprint density at radius 2 is 2.08 bits per heavy atom. The molecule has 0 radical (unpaired) electrons. The summed E-state index contributed by atoms with van der Waals surface area (Å²) in [4.78, 5) is 24.8. The second kappa shape index (κ2) is 7.47. The van der Waals surface area contributed by atoms with E-state index in [9.17, 15) is 9.59 Å². The van der Waals surface area contributed by atoms with Gasteiger partial charge < -0.3 is 18.9 Å². The van der Waals surface area contributed by atoms with Gasteiger partial charge in [0.1, 0.15) is 5.58 Å². The van der Waals surface area contributed by atoms with Gasteiger partial charge in [-0.05, 0) is 42.7 Å². The Labute approximate surface area is 150 Å². The van der Waals surface area contributed by atoms with Gasteiger partial charge in [-0.2, -0.15) is 0 Å². The monoisotopic (exact) mass is 355 g/mol. The van der Waals surface area contributed by atoms with Crippen LogP contribution in [0.1, 0.15) is 19.4 Å². The number of carbonyl (C=O) groups is 1. The van der Waals surface area contributed by atoms with Crippen LogP contribution in [-0.4, -0.2) is 19.1 Å². The Balaban J connectivity index is 1.98. The van der Waals surface area contributed by atoms with E-state index in [1.54, 1.807) is 24.3 Å². The third kappa shape index (κ3) is 3.79. The Hall–Kier alpha value is -3.02. The third-order valence-electron chi connectivity index (χ3n) is 3.81. The molecule has 3 aromatic rings. The number of benzene rings is 1. The van der Waals surface area contributed by atoms with E-state index in [1.807, 2.05) is 26.8 Å². The molecular weight excluding hydrogens is 334 g/mol. The number of carbonyl (C=O) groups excluding carboxylic acids is 1. The first kappa shape index (κ1) is 17.8. The molecule has 0 fully saturated rings. The SMILES string of the molecule is Cc1ccc2c(=O)c(OCC(=O)NCC(C)C)c(-c3ccco3)oc2c1. The highest BCUT2D eigenvalue weighted by Crippen LogP contribution is 2.31. The topological polar surface area (TPSA) is 81.7 Å². The summed E-state index contributed by atoms with van der Waals surface area (Å²) in [5.74, 6) is 0.535. The molecule has 3 rings (SSSR count). The summed E-state index contributed by atoms with van der Waals surface area (Å²) in [6.45, 7) is 6.17. The minimum absolute atomic E-state index is 0.0315. The van der Waals surface area contributed by atoms with Gasteiger partial charge in [0.05, 0.1) is 11.6 Å². The van der Waals surface area contributed by atoms with Crippen LogP contribution in [0.4, 0.5) is 0 Å². The van der Waals surface area contributed by atoms with Crippen LogP contribution in [0.25, 0.3) is 22.5 Å². The molecule has 26 heavy (non-hydrogen) atoms. The van der Waals surface area contributed by atoms with Crippen LogP contribution in [0.2, 0.25) is 0 Å². The van der Waals surface area contributed by atoms with Gasteiger partial charge in [0.2, 0.25) is 16.9 Å². The second-order valence-corrected chi connectivity index (χ2v) is 6.55. The molecule has 0 aliphatic rings. The highest BCUT2D eigenvalue weighted by Gasteiger charge is 2.20. The van der Waals surface area contributed by atoms with E-state index in [2.05, 4.69) is 5.32 Å². The number of nitrogens with one attached hydrogen (secondary N) is 1. The number of amides is 1. The zero-order valence-corrected chi connectivity index (χ0v) is 15.0. The lowest BCUT2D eigenvalue weighted by Crippen LogP contribution is -2.32. The maximum atomic E-state index is 12.9. The van der Waals surface area contributed by atoms with Crippen molar-refractivity contribution in [2.45, 2.75) is 20.8 Å². The average molecular weight is 355 g/mol. The van der Waals surface area contributed by atoms with E-state index in [0.717, 1.165) is 5.56 Å². The van der Waals surface area contributed by atoms with Crippen molar-refractivity contribution < 1.29 is 18.4 Å². The van der Waals surface area contributed by atoms with Gasteiger partial charge >= 0.3 is 0 Å². The zero-order chi connectivity index (χ0) is 18.7. The minimum atomic E-state index is -0.339. The lowest BCUT2D eigenvalue weighted by Gasteiger charge is -2.11. The van der Waals surface area contributed by atoms with Crippen molar-refractivity contribution in [1.82, 2.24) is 5.32 Å². The Kier molecular flexibility index (Phi) is 5.11. The molecule has 0 spiro atoms. The number of fused-ring (bicyclic) bond motifs is 1. The molecule has 6 nitrogen and oxygen atoms in total. The highest BCUT2D eigenvalue weighted by atomic mass is 16.5. The van der Waals surface area contributed by atoms with Crippen molar-refractivity contribution in [3.05, 3.63) is 52.4 Å². The standard InChI is InChI=1S/C20H21NO5/c1-12(2)10-21-17(22)11-25-20-18(23)14-7-6-13(3)9-16(14)26-19(20)15-5-4-8-24-15/h4-9,12H,10-11H2,1-3H3,(H,21,22). The number of hydrogen-bond acceptors (Lipinski definition) is 5. The Bertz CT molecular complexity index is 970. The zero-order valence-electron chi connectivity index (χ0n) is 15.0. The second-order valence-electron chi connectivity index (χ2n) is 6.55. The molecule has 0 saturated heterocycles. The first-order valence-corrected chi connectivity index (χ1v) is 8.46.